The second-order valence-electron chi connectivity index (χ2n) is 1.11. The number of carbonyl (C=O) groups excluding carboxylic acids is 2. The highest BCUT2D eigenvalue weighted by Gasteiger charge is 2.06. The summed E-state index contributed by atoms with van der Waals surface area (Å²) in [7, 11) is 0. The molecule has 0 aromatic carbocycles. The Bertz CT molecular complexity index is 112. The van der Waals surface area contributed by atoms with Gasteiger partial charge in [0.25, 0.3) is 0 Å². The Morgan fingerprint density at radius 2 is 1.44 bits per heavy atom. The fraction of sp³-hybridized carbons (Fsp3) is 0.500. The van der Waals surface area contributed by atoms with Crippen molar-refractivity contribution in [1.82, 2.24) is 0 Å². The van der Waals surface area contributed by atoms with Gasteiger partial charge < -0.3 is 0 Å². The van der Waals surface area contributed by atoms with Gasteiger partial charge in [0.2, 0.25) is 10.2 Å². The predicted octanol–water partition coefficient (Wildman–Crippen LogP) is 1.25. The van der Waals surface area contributed by atoms with Gasteiger partial charge in [-0.2, -0.15) is 0 Å². The predicted molar refractivity (Wildman–Crippen MR) is 39.0 cm³/mol. The molecule has 0 aliphatic rings. The summed E-state index contributed by atoms with van der Waals surface area (Å²) < 4.78 is 0. The van der Waals surface area contributed by atoms with E-state index < -0.39 is 0 Å². The maximum Gasteiger partial charge on any atom is 0.211 e. The molecule has 9 heavy (non-hydrogen) atoms. The van der Waals surface area contributed by atoms with Crippen molar-refractivity contribution in [2.45, 2.75) is 0 Å². The van der Waals surface area contributed by atoms with Gasteiger partial charge in [0, 0.05) is 0 Å². The molecule has 0 N–H and O–H groups in total. The molecule has 0 atom stereocenters. The molecule has 0 aromatic heterocycles. The second kappa shape index (κ2) is 5.09. The number of hydrogen-bond acceptors (Lipinski definition) is 3. The third-order valence-corrected chi connectivity index (χ3v) is 1.99. The monoisotopic (exact) mass is 186 g/mol. The second-order valence-corrected chi connectivity index (χ2v) is 2.76. The minimum Gasteiger partial charge on any atom is -0.285 e. The van der Waals surface area contributed by atoms with E-state index >= 15 is 0 Å². The van der Waals surface area contributed by atoms with Crippen molar-refractivity contribution in [3.05, 3.63) is 0 Å². The summed E-state index contributed by atoms with van der Waals surface area (Å²) >= 11 is 10.7. The first-order chi connectivity index (χ1) is 4.20. The van der Waals surface area contributed by atoms with Crippen LogP contribution in [0.15, 0.2) is 0 Å². The molecule has 0 radical (unpaired) electrons. The zero-order chi connectivity index (χ0) is 7.28. The van der Waals surface area contributed by atoms with Crippen LogP contribution in [0, 0.1) is 0 Å². The Morgan fingerprint density at radius 3 is 1.67 bits per heavy atom. The van der Waals surface area contributed by atoms with E-state index in [1.54, 1.807) is 0 Å². The summed E-state index contributed by atoms with van der Waals surface area (Å²) in [5.74, 6) is -0.291. The van der Waals surface area contributed by atoms with Crippen LogP contribution in [-0.2, 0) is 9.59 Å². The summed E-state index contributed by atoms with van der Waals surface area (Å²) in [6.45, 7) is 0. The molecule has 0 saturated heterocycles. The fourth-order valence-corrected chi connectivity index (χ4v) is 0.872. The Hall–Kier alpha value is 0.270. The molecule has 0 unspecified atom stereocenters. The molecule has 2 nitrogen and oxygen atoms in total. The fourth-order valence-electron chi connectivity index (χ4n) is 0.182. The van der Waals surface area contributed by atoms with Crippen LogP contribution >= 0.6 is 35.0 Å². The molecular weight excluding hydrogens is 183 g/mol. The van der Waals surface area contributed by atoms with Gasteiger partial charge in [0.05, 0.1) is 11.8 Å². The normalized spacial score (nSPS) is 9.11. The summed E-state index contributed by atoms with van der Waals surface area (Å²) in [5.41, 5.74) is 0. The molecule has 5 heteroatoms. The highest BCUT2D eigenvalue weighted by atomic mass is 35.5. The molecular formula is C4H4Cl2O2S. The van der Waals surface area contributed by atoms with E-state index in [-0.39, 0.29) is 22.0 Å². The molecule has 0 aromatic rings. The van der Waals surface area contributed by atoms with Crippen molar-refractivity contribution in [2.75, 3.05) is 11.8 Å². The molecule has 0 aliphatic carbocycles. The molecule has 0 heterocycles. The average Bonchev–Trinajstić information content (AvgIpc) is 1.87. The van der Waals surface area contributed by atoms with Crippen molar-refractivity contribution in [3.8, 4) is 0 Å². The number of halogens is 2. The molecule has 52 valence electrons. The maximum absolute atomic E-state index is 10.3. The Morgan fingerprint density at radius 1 is 1.11 bits per heavy atom. The van der Waals surface area contributed by atoms with Crippen molar-refractivity contribution in [2.24, 2.45) is 0 Å². The van der Waals surface area contributed by atoms with Gasteiger partial charge in [-0.05, 0) is 11.8 Å². The first kappa shape index (κ1) is 9.27. The van der Waals surface area contributed by atoms with E-state index in [2.05, 4.69) is 0 Å². The summed E-state index contributed by atoms with van der Waals surface area (Å²) in [4.78, 5) is 20.7. The van der Waals surface area contributed by atoms with Crippen molar-refractivity contribution in [3.63, 3.8) is 0 Å². The molecule has 0 aliphatic heterocycles. The summed E-state index contributed by atoms with van der Waals surface area (Å²) in [6.07, 6.45) is 0. The van der Waals surface area contributed by atoms with Crippen molar-refractivity contribution < 1.29 is 9.59 Å². The lowest BCUT2D eigenvalue weighted by atomic mass is 10.9. The van der Waals surface area contributed by atoms with E-state index in [1.165, 1.54) is 0 Å². The van der Waals surface area contributed by atoms with Crippen LogP contribution in [0.4, 0.5) is 0 Å². The van der Waals surface area contributed by atoms with E-state index in [0.717, 1.165) is 0 Å². The summed E-state index contributed by atoms with van der Waals surface area (Å²) in [5, 5.41) is -0.718. The van der Waals surface area contributed by atoms with Gasteiger partial charge in [0.15, 0.2) is 0 Å². The Labute approximate surface area is 66.9 Å². The topological polar surface area (TPSA) is 34.1 Å². The maximum atomic E-state index is 10.3. The number of alkyl halides is 2. The summed E-state index contributed by atoms with van der Waals surface area (Å²) in [6, 6.07) is 0. The highest BCUT2D eigenvalue weighted by Crippen LogP contribution is 2.05. The lowest BCUT2D eigenvalue weighted by Crippen LogP contribution is -2.00. The lowest BCUT2D eigenvalue weighted by Gasteiger charge is -1.88. The quantitative estimate of drug-likeness (QED) is 0.610. The number of carbonyl (C=O) groups is 2. The van der Waals surface area contributed by atoms with E-state index in [1.807, 2.05) is 0 Å². The van der Waals surface area contributed by atoms with Crippen LogP contribution in [-0.4, -0.2) is 22.0 Å². The van der Waals surface area contributed by atoms with Gasteiger partial charge in [0.1, 0.15) is 0 Å². The third kappa shape index (κ3) is 4.75. The molecule has 0 amide bonds. The number of thioether (sulfide) groups is 1. The smallest absolute Gasteiger partial charge is 0.211 e. The first-order valence-corrected chi connectivity index (χ1v) is 3.94. The molecule has 0 fully saturated rings. The van der Waals surface area contributed by atoms with E-state index in [9.17, 15) is 9.59 Å². The molecule has 0 spiro atoms. The molecule has 0 rings (SSSR count). The van der Waals surface area contributed by atoms with Crippen molar-refractivity contribution >= 4 is 45.2 Å². The SMILES string of the molecule is O=C(CCl)SC(=O)CCl. The Kier molecular flexibility index (Phi) is 5.24. The van der Waals surface area contributed by atoms with Crippen molar-refractivity contribution in [1.29, 1.82) is 0 Å². The average molecular weight is 187 g/mol. The lowest BCUT2D eigenvalue weighted by molar-refractivity contribution is -0.110. The minimum atomic E-state index is -0.359. The van der Waals surface area contributed by atoms with Crippen LogP contribution in [0.3, 0.4) is 0 Å². The van der Waals surface area contributed by atoms with Crippen LogP contribution in [0.25, 0.3) is 0 Å². The standard InChI is InChI=1S/C4H4Cl2O2S/c5-1-3(7)9-4(8)2-6/h1-2H2. The van der Waals surface area contributed by atoms with Gasteiger partial charge in [-0.25, -0.2) is 0 Å². The molecule has 0 saturated carbocycles. The van der Waals surface area contributed by atoms with Gasteiger partial charge in [-0.3, -0.25) is 9.59 Å². The Balaban J connectivity index is 3.47. The van der Waals surface area contributed by atoms with E-state index in [0.29, 0.717) is 11.8 Å². The van der Waals surface area contributed by atoms with Crippen LogP contribution in [0.1, 0.15) is 0 Å². The minimum absolute atomic E-state index is 0.146. The van der Waals surface area contributed by atoms with Crippen LogP contribution in [0.2, 0.25) is 0 Å². The largest absolute Gasteiger partial charge is 0.285 e. The first-order valence-electron chi connectivity index (χ1n) is 2.06. The number of hydrogen-bond donors (Lipinski definition) is 0. The van der Waals surface area contributed by atoms with Gasteiger partial charge >= 0.3 is 0 Å². The zero-order valence-electron chi connectivity index (χ0n) is 4.39. The van der Waals surface area contributed by atoms with Crippen LogP contribution < -0.4 is 0 Å². The zero-order valence-corrected chi connectivity index (χ0v) is 6.72. The highest BCUT2D eigenvalue weighted by molar-refractivity contribution is 8.26. The van der Waals surface area contributed by atoms with Gasteiger partial charge in [-0.1, -0.05) is 0 Å². The third-order valence-electron chi connectivity index (χ3n) is 0.446. The molecule has 0 bridgehead atoms. The van der Waals surface area contributed by atoms with E-state index in [4.69, 9.17) is 23.2 Å². The number of rotatable bonds is 2. The van der Waals surface area contributed by atoms with Crippen LogP contribution in [0.5, 0.6) is 0 Å². The van der Waals surface area contributed by atoms with Gasteiger partial charge in [-0.15, -0.1) is 23.2 Å².